The lowest BCUT2D eigenvalue weighted by Crippen LogP contribution is -2.17. The number of fused-ring (bicyclic) bond motifs is 1. The van der Waals surface area contributed by atoms with E-state index in [-0.39, 0.29) is 22.8 Å². The maximum atomic E-state index is 13.2. The SMILES string of the molecule is COC(=O)c1c(Nc2ccccc2S(=O)(=O)S(=O)(=O)c2ccccc2)sc2c1COCC2. The largest absolute Gasteiger partial charge is 0.465 e. The minimum atomic E-state index is -4.81. The average Bonchev–Trinajstić information content (AvgIpc) is 3.17. The van der Waals surface area contributed by atoms with Crippen LogP contribution in [0, 0.1) is 0 Å². The van der Waals surface area contributed by atoms with Gasteiger partial charge in [-0.05, 0) is 24.3 Å². The predicted molar refractivity (Wildman–Crippen MR) is 120 cm³/mol. The monoisotopic (exact) mass is 493 g/mol. The lowest BCUT2D eigenvalue weighted by molar-refractivity contribution is 0.0591. The van der Waals surface area contributed by atoms with E-state index in [0.717, 1.165) is 4.88 Å². The normalized spacial score (nSPS) is 13.9. The molecule has 3 aromatic rings. The predicted octanol–water partition coefficient (Wildman–Crippen LogP) is 3.51. The molecule has 4 rings (SSSR count). The molecule has 0 unspecified atom stereocenters. The van der Waals surface area contributed by atoms with Gasteiger partial charge in [-0.15, -0.1) is 11.3 Å². The Balaban J connectivity index is 1.81. The minimum Gasteiger partial charge on any atom is -0.465 e. The molecule has 2 aromatic carbocycles. The summed E-state index contributed by atoms with van der Waals surface area (Å²) >= 11 is 1.29. The highest BCUT2D eigenvalue weighted by atomic mass is 33.2. The van der Waals surface area contributed by atoms with Crippen LogP contribution in [0.1, 0.15) is 20.8 Å². The lowest BCUT2D eigenvalue weighted by atomic mass is 10.1. The first-order valence-electron chi connectivity index (χ1n) is 9.49. The Kier molecular flexibility index (Phi) is 6.08. The van der Waals surface area contributed by atoms with Crippen molar-refractivity contribution in [2.45, 2.75) is 22.8 Å². The highest BCUT2D eigenvalue weighted by Gasteiger charge is 2.36. The molecule has 0 amide bonds. The summed E-state index contributed by atoms with van der Waals surface area (Å²) in [4.78, 5) is 12.6. The molecule has 0 saturated heterocycles. The van der Waals surface area contributed by atoms with Crippen molar-refractivity contribution in [1.29, 1.82) is 0 Å². The molecule has 0 fully saturated rings. The molecule has 0 aliphatic carbocycles. The molecular formula is C21H19NO7S3. The number of thiophene rings is 1. The molecule has 0 spiro atoms. The number of methoxy groups -OCH3 is 1. The van der Waals surface area contributed by atoms with Crippen molar-refractivity contribution < 1.29 is 31.1 Å². The third-order valence-electron chi connectivity index (χ3n) is 4.93. The van der Waals surface area contributed by atoms with Crippen molar-refractivity contribution in [3.8, 4) is 0 Å². The number of nitrogens with one attached hydrogen (secondary N) is 1. The van der Waals surface area contributed by atoms with Crippen molar-refractivity contribution in [3.63, 3.8) is 0 Å². The molecule has 2 heterocycles. The Labute approximate surface area is 189 Å². The van der Waals surface area contributed by atoms with Crippen LogP contribution in [-0.2, 0) is 40.2 Å². The van der Waals surface area contributed by atoms with Gasteiger partial charge in [-0.2, -0.15) is 0 Å². The number of para-hydroxylation sites is 1. The molecule has 0 radical (unpaired) electrons. The number of hydrogen-bond acceptors (Lipinski definition) is 9. The van der Waals surface area contributed by atoms with E-state index in [4.69, 9.17) is 9.47 Å². The molecule has 11 heteroatoms. The number of rotatable bonds is 6. The molecule has 0 saturated carbocycles. The summed E-state index contributed by atoms with van der Waals surface area (Å²) in [5.41, 5.74) is 0.981. The summed E-state index contributed by atoms with van der Waals surface area (Å²) in [5, 5.41) is 3.33. The summed E-state index contributed by atoms with van der Waals surface area (Å²) < 4.78 is 62.6. The van der Waals surface area contributed by atoms with Crippen molar-refractivity contribution >= 4 is 45.7 Å². The molecule has 1 aliphatic rings. The molecule has 0 atom stereocenters. The Morgan fingerprint density at radius 3 is 2.41 bits per heavy atom. The van der Waals surface area contributed by atoms with Crippen LogP contribution in [0.4, 0.5) is 10.7 Å². The van der Waals surface area contributed by atoms with Gasteiger partial charge in [0.05, 0.1) is 30.9 Å². The molecule has 8 nitrogen and oxygen atoms in total. The van der Waals surface area contributed by atoms with Crippen LogP contribution in [0.2, 0.25) is 0 Å². The minimum absolute atomic E-state index is 0.0386. The Morgan fingerprint density at radius 1 is 1.00 bits per heavy atom. The smallest absolute Gasteiger partial charge is 0.341 e. The van der Waals surface area contributed by atoms with Gasteiger partial charge >= 0.3 is 5.97 Å². The van der Waals surface area contributed by atoms with Crippen LogP contribution < -0.4 is 5.32 Å². The standard InChI is InChI=1S/C21H19NO7S3/c1-28-21(23)19-15-13-29-12-11-17(15)30-20(19)22-16-9-5-6-10-18(16)32(26,27)31(24,25)14-7-3-2-4-8-14/h2-10,22H,11-13H2,1H3. The second-order valence-electron chi connectivity index (χ2n) is 6.84. The molecule has 1 aliphatic heterocycles. The molecule has 1 aromatic heterocycles. The Bertz CT molecular complexity index is 1380. The van der Waals surface area contributed by atoms with Gasteiger partial charge in [0.15, 0.2) is 0 Å². The molecule has 1 N–H and O–H groups in total. The molecule has 0 bridgehead atoms. The quantitative estimate of drug-likeness (QED) is 0.410. The number of ether oxygens (including phenoxy) is 2. The number of benzene rings is 2. The third kappa shape index (κ3) is 3.81. The van der Waals surface area contributed by atoms with Gasteiger partial charge in [0.2, 0.25) is 0 Å². The van der Waals surface area contributed by atoms with Crippen LogP contribution in [0.25, 0.3) is 0 Å². The second-order valence-corrected chi connectivity index (χ2v) is 13.3. The van der Waals surface area contributed by atoms with Crippen molar-refractivity contribution in [1.82, 2.24) is 0 Å². The van der Waals surface area contributed by atoms with Crippen LogP contribution in [0.5, 0.6) is 0 Å². The number of carbonyl (C=O) groups excluding carboxylic acids is 1. The zero-order valence-electron chi connectivity index (χ0n) is 16.9. The van der Waals surface area contributed by atoms with Crippen LogP contribution >= 0.6 is 11.3 Å². The highest BCUT2D eigenvalue weighted by molar-refractivity contribution is 8.67. The van der Waals surface area contributed by atoms with Crippen molar-refractivity contribution in [2.24, 2.45) is 0 Å². The summed E-state index contributed by atoms with van der Waals surface area (Å²) in [6, 6.07) is 12.6. The van der Waals surface area contributed by atoms with E-state index in [1.807, 2.05) is 0 Å². The van der Waals surface area contributed by atoms with Gasteiger partial charge in [0.1, 0.15) is 15.5 Å². The number of hydrogen-bond donors (Lipinski definition) is 1. The van der Waals surface area contributed by atoms with Crippen molar-refractivity contribution in [2.75, 3.05) is 19.0 Å². The lowest BCUT2D eigenvalue weighted by Gasteiger charge is -2.14. The third-order valence-corrected chi connectivity index (χ3v) is 11.3. The number of esters is 1. The van der Waals surface area contributed by atoms with E-state index in [1.165, 1.54) is 60.9 Å². The molecular weight excluding hydrogens is 474 g/mol. The maximum Gasteiger partial charge on any atom is 0.341 e. The zero-order valence-corrected chi connectivity index (χ0v) is 19.3. The van der Waals surface area contributed by atoms with E-state index in [1.54, 1.807) is 12.1 Å². The fraction of sp³-hybridized carbons (Fsp3) is 0.190. The van der Waals surface area contributed by atoms with Gasteiger partial charge in [0.25, 0.3) is 17.7 Å². The average molecular weight is 494 g/mol. The van der Waals surface area contributed by atoms with Gasteiger partial charge in [0, 0.05) is 16.9 Å². The topological polar surface area (TPSA) is 116 Å². The van der Waals surface area contributed by atoms with Gasteiger partial charge in [-0.1, -0.05) is 30.3 Å². The molecule has 168 valence electrons. The maximum absolute atomic E-state index is 13.2. The number of anilines is 2. The van der Waals surface area contributed by atoms with Gasteiger partial charge in [-0.3, -0.25) is 0 Å². The fourth-order valence-corrected chi connectivity index (χ4v) is 8.39. The first kappa shape index (κ1) is 22.5. The van der Waals surface area contributed by atoms with E-state index >= 15 is 0 Å². The van der Waals surface area contributed by atoms with Crippen LogP contribution in [0.3, 0.4) is 0 Å². The summed E-state index contributed by atoms with van der Waals surface area (Å²) in [6.07, 6.45) is 0.605. The summed E-state index contributed by atoms with van der Waals surface area (Å²) in [6.45, 7) is 0.744. The summed E-state index contributed by atoms with van der Waals surface area (Å²) in [7, 11) is -8.27. The van der Waals surface area contributed by atoms with E-state index < -0.39 is 28.6 Å². The Morgan fingerprint density at radius 2 is 1.69 bits per heavy atom. The highest BCUT2D eigenvalue weighted by Crippen LogP contribution is 2.40. The Hall–Kier alpha value is -2.73. The van der Waals surface area contributed by atoms with E-state index in [9.17, 15) is 21.6 Å². The van der Waals surface area contributed by atoms with Gasteiger partial charge in [-0.25, -0.2) is 21.6 Å². The van der Waals surface area contributed by atoms with E-state index in [0.29, 0.717) is 23.6 Å². The first-order chi connectivity index (χ1) is 15.3. The second kappa shape index (κ2) is 8.66. The van der Waals surface area contributed by atoms with E-state index in [2.05, 4.69) is 5.32 Å². The summed E-state index contributed by atoms with van der Waals surface area (Å²) in [5.74, 6) is -0.590. The van der Waals surface area contributed by atoms with Crippen molar-refractivity contribution in [3.05, 3.63) is 70.6 Å². The van der Waals surface area contributed by atoms with Gasteiger partial charge < -0.3 is 14.8 Å². The van der Waals surface area contributed by atoms with Crippen LogP contribution in [-0.4, -0.2) is 36.5 Å². The zero-order chi connectivity index (χ0) is 22.9. The number of carbonyl (C=O) groups is 1. The molecule has 32 heavy (non-hydrogen) atoms. The fourth-order valence-electron chi connectivity index (χ4n) is 3.35. The van der Waals surface area contributed by atoms with Crippen LogP contribution in [0.15, 0.2) is 64.4 Å². The first-order valence-corrected chi connectivity index (χ1v) is 13.8.